The predicted octanol–water partition coefficient (Wildman–Crippen LogP) is 3.42. The summed E-state index contributed by atoms with van der Waals surface area (Å²) in [6.07, 6.45) is -0.785. The van der Waals surface area contributed by atoms with Crippen molar-refractivity contribution in [1.29, 1.82) is 0 Å². The van der Waals surface area contributed by atoms with E-state index in [1.165, 1.54) is 0 Å². The lowest BCUT2D eigenvalue weighted by Crippen LogP contribution is -2.06. The van der Waals surface area contributed by atoms with Gasteiger partial charge in [0.2, 0.25) is 0 Å². The Hall–Kier alpha value is -1.71. The van der Waals surface area contributed by atoms with Crippen LogP contribution in [0.25, 0.3) is 10.9 Å². The normalized spacial score (nSPS) is 11.3. The van der Waals surface area contributed by atoms with E-state index in [9.17, 15) is 13.6 Å². The Kier molecular flexibility index (Phi) is 3.22. The fraction of sp³-hybridized carbons (Fsp3) is 0.308. The molecule has 1 N–H and O–H groups in total. The van der Waals surface area contributed by atoms with Gasteiger partial charge in [0, 0.05) is 17.0 Å². The topological polar surface area (TPSA) is 32.9 Å². The van der Waals surface area contributed by atoms with Crippen LogP contribution in [0.2, 0.25) is 0 Å². The van der Waals surface area contributed by atoms with Crippen molar-refractivity contribution in [2.75, 3.05) is 0 Å². The molecule has 0 amide bonds. The molecule has 1 heterocycles. The minimum atomic E-state index is -2.65. The maximum absolute atomic E-state index is 12.5. The van der Waals surface area contributed by atoms with E-state index in [0.29, 0.717) is 10.9 Å². The molecule has 0 fully saturated rings. The van der Waals surface area contributed by atoms with E-state index >= 15 is 0 Å². The first-order valence-corrected chi connectivity index (χ1v) is 5.56. The van der Waals surface area contributed by atoms with Crippen LogP contribution in [0.15, 0.2) is 29.1 Å². The summed E-state index contributed by atoms with van der Waals surface area (Å²) in [6.45, 7) is 2.05. The molecule has 17 heavy (non-hydrogen) atoms. The van der Waals surface area contributed by atoms with Crippen molar-refractivity contribution in [3.63, 3.8) is 0 Å². The lowest BCUT2D eigenvalue weighted by Gasteiger charge is -2.05. The molecule has 0 atom stereocenters. The van der Waals surface area contributed by atoms with Crippen molar-refractivity contribution in [3.05, 3.63) is 45.7 Å². The molecular formula is C13H13F2NO. The maximum Gasteiger partial charge on any atom is 0.278 e. The average molecular weight is 237 g/mol. The minimum Gasteiger partial charge on any atom is -0.354 e. The van der Waals surface area contributed by atoms with Crippen molar-refractivity contribution in [2.45, 2.75) is 26.2 Å². The second kappa shape index (κ2) is 4.65. The van der Waals surface area contributed by atoms with Crippen LogP contribution in [0.3, 0.4) is 0 Å². The Labute approximate surface area is 97.3 Å². The fourth-order valence-electron chi connectivity index (χ4n) is 1.88. The van der Waals surface area contributed by atoms with Crippen molar-refractivity contribution >= 4 is 10.9 Å². The molecule has 0 bridgehead atoms. The second-order valence-corrected chi connectivity index (χ2v) is 4.02. The van der Waals surface area contributed by atoms with Crippen LogP contribution in [0.1, 0.15) is 31.0 Å². The number of pyridine rings is 1. The first-order chi connectivity index (χ1) is 8.11. The lowest BCUT2D eigenvalue weighted by atomic mass is 10.1. The Balaban J connectivity index is 2.60. The number of aromatic nitrogens is 1. The summed E-state index contributed by atoms with van der Waals surface area (Å²) in [5, 5.41) is 0.473. The third-order valence-corrected chi connectivity index (χ3v) is 2.69. The highest BCUT2D eigenvalue weighted by Gasteiger charge is 2.10. The van der Waals surface area contributed by atoms with E-state index in [4.69, 9.17) is 0 Å². The number of rotatable bonds is 3. The fourth-order valence-corrected chi connectivity index (χ4v) is 1.88. The highest BCUT2D eigenvalue weighted by atomic mass is 19.3. The first kappa shape index (κ1) is 11.8. The SMILES string of the molecule is CCCc1ccc2[nH]c(C(F)F)cc(=O)c2c1. The van der Waals surface area contributed by atoms with Gasteiger partial charge in [-0.1, -0.05) is 19.4 Å². The third-order valence-electron chi connectivity index (χ3n) is 2.69. The van der Waals surface area contributed by atoms with E-state index in [1.54, 1.807) is 12.1 Å². The Morgan fingerprint density at radius 1 is 1.29 bits per heavy atom. The van der Waals surface area contributed by atoms with E-state index in [0.717, 1.165) is 24.5 Å². The van der Waals surface area contributed by atoms with Crippen LogP contribution in [-0.2, 0) is 6.42 Å². The Morgan fingerprint density at radius 2 is 2.06 bits per heavy atom. The largest absolute Gasteiger partial charge is 0.354 e. The summed E-state index contributed by atoms with van der Waals surface area (Å²) < 4.78 is 25.0. The molecule has 0 aliphatic carbocycles. The summed E-state index contributed by atoms with van der Waals surface area (Å²) in [5.74, 6) is 0. The van der Waals surface area contributed by atoms with E-state index in [2.05, 4.69) is 4.98 Å². The van der Waals surface area contributed by atoms with Gasteiger partial charge in [0.05, 0.1) is 5.69 Å². The van der Waals surface area contributed by atoms with Gasteiger partial charge in [-0.25, -0.2) is 8.78 Å². The zero-order valence-electron chi connectivity index (χ0n) is 9.47. The molecule has 0 radical (unpaired) electrons. The standard InChI is InChI=1S/C13H13F2NO/c1-2-3-8-4-5-10-9(6-8)12(17)7-11(16-10)13(14)15/h4-7,13H,2-3H2,1H3,(H,16,17). The van der Waals surface area contributed by atoms with Gasteiger partial charge in [0.15, 0.2) is 5.43 Å². The number of aryl methyl sites for hydroxylation is 1. The molecule has 0 saturated carbocycles. The quantitative estimate of drug-likeness (QED) is 0.871. The van der Waals surface area contributed by atoms with Gasteiger partial charge >= 0.3 is 0 Å². The van der Waals surface area contributed by atoms with E-state index in [-0.39, 0.29) is 11.1 Å². The molecule has 2 aromatic rings. The van der Waals surface area contributed by atoms with E-state index < -0.39 is 6.43 Å². The number of benzene rings is 1. The zero-order chi connectivity index (χ0) is 12.4. The molecule has 90 valence electrons. The summed E-state index contributed by atoms with van der Waals surface area (Å²) in [6, 6.07) is 6.29. The van der Waals surface area contributed by atoms with Crippen LogP contribution in [0.4, 0.5) is 8.78 Å². The first-order valence-electron chi connectivity index (χ1n) is 5.56. The predicted molar refractivity (Wildman–Crippen MR) is 63.5 cm³/mol. The molecule has 1 aromatic heterocycles. The molecule has 2 rings (SSSR count). The van der Waals surface area contributed by atoms with Crippen molar-refractivity contribution < 1.29 is 8.78 Å². The summed E-state index contributed by atoms with van der Waals surface area (Å²) in [5.41, 5.74) is 0.834. The number of nitrogens with one attached hydrogen (secondary N) is 1. The van der Waals surface area contributed by atoms with Gasteiger partial charge in [-0.05, 0) is 24.1 Å². The molecular weight excluding hydrogens is 224 g/mol. The van der Waals surface area contributed by atoms with Crippen LogP contribution in [0, 0.1) is 0 Å². The summed E-state index contributed by atoms with van der Waals surface area (Å²) >= 11 is 0. The molecule has 0 unspecified atom stereocenters. The average Bonchev–Trinajstić information content (AvgIpc) is 2.30. The molecule has 4 heteroatoms. The molecule has 0 aliphatic heterocycles. The minimum absolute atomic E-state index is 0.328. The lowest BCUT2D eigenvalue weighted by molar-refractivity contribution is 0.146. The van der Waals surface area contributed by atoms with Crippen molar-refractivity contribution in [3.8, 4) is 0 Å². The maximum atomic E-state index is 12.5. The highest BCUT2D eigenvalue weighted by Crippen LogP contribution is 2.18. The summed E-state index contributed by atoms with van der Waals surface area (Å²) in [4.78, 5) is 14.3. The number of alkyl halides is 2. The molecule has 0 aliphatic rings. The van der Waals surface area contributed by atoms with Gasteiger partial charge in [-0.2, -0.15) is 0 Å². The molecule has 0 saturated heterocycles. The number of H-pyrrole nitrogens is 1. The van der Waals surface area contributed by atoms with Crippen LogP contribution < -0.4 is 5.43 Å². The van der Waals surface area contributed by atoms with Gasteiger partial charge in [-0.15, -0.1) is 0 Å². The Morgan fingerprint density at radius 3 is 2.71 bits per heavy atom. The molecule has 0 spiro atoms. The van der Waals surface area contributed by atoms with Crippen LogP contribution >= 0.6 is 0 Å². The number of hydrogen-bond donors (Lipinski definition) is 1. The number of halogens is 2. The third kappa shape index (κ3) is 2.35. The van der Waals surface area contributed by atoms with Gasteiger partial charge in [0.1, 0.15) is 0 Å². The van der Waals surface area contributed by atoms with Gasteiger partial charge < -0.3 is 4.98 Å². The van der Waals surface area contributed by atoms with Gasteiger partial charge in [-0.3, -0.25) is 4.79 Å². The molecule has 2 nitrogen and oxygen atoms in total. The number of hydrogen-bond acceptors (Lipinski definition) is 1. The highest BCUT2D eigenvalue weighted by molar-refractivity contribution is 5.79. The van der Waals surface area contributed by atoms with Crippen LogP contribution in [-0.4, -0.2) is 4.98 Å². The number of aromatic amines is 1. The number of fused-ring (bicyclic) bond motifs is 1. The summed E-state index contributed by atoms with van der Waals surface area (Å²) in [7, 11) is 0. The second-order valence-electron chi connectivity index (χ2n) is 4.02. The molecule has 1 aromatic carbocycles. The van der Waals surface area contributed by atoms with Crippen molar-refractivity contribution in [2.24, 2.45) is 0 Å². The smallest absolute Gasteiger partial charge is 0.278 e. The Bertz CT molecular complexity index is 589. The van der Waals surface area contributed by atoms with Crippen molar-refractivity contribution in [1.82, 2.24) is 4.98 Å². The van der Waals surface area contributed by atoms with Gasteiger partial charge in [0.25, 0.3) is 6.43 Å². The zero-order valence-corrected chi connectivity index (χ0v) is 9.47. The monoisotopic (exact) mass is 237 g/mol. The van der Waals surface area contributed by atoms with Crippen LogP contribution in [0.5, 0.6) is 0 Å². The van der Waals surface area contributed by atoms with E-state index in [1.807, 2.05) is 13.0 Å².